The predicted molar refractivity (Wildman–Crippen MR) is 97.7 cm³/mol. The van der Waals surface area contributed by atoms with Crippen molar-refractivity contribution in [3.63, 3.8) is 0 Å². The highest BCUT2D eigenvalue weighted by Gasteiger charge is 2.42. The molecule has 6 nitrogen and oxygen atoms in total. The first-order valence-electron chi connectivity index (χ1n) is 9.39. The van der Waals surface area contributed by atoms with E-state index in [4.69, 9.17) is 9.26 Å². The molecule has 0 saturated heterocycles. The molecule has 3 rings (SSSR count). The van der Waals surface area contributed by atoms with Gasteiger partial charge in [0.2, 0.25) is 5.89 Å². The van der Waals surface area contributed by atoms with Crippen LogP contribution in [-0.4, -0.2) is 21.6 Å². The Morgan fingerprint density at radius 1 is 1.19 bits per heavy atom. The summed E-state index contributed by atoms with van der Waals surface area (Å²) in [6, 6.07) is 5.62. The minimum Gasteiger partial charge on any atom is -0.478 e. The van der Waals surface area contributed by atoms with E-state index >= 15 is 0 Å². The highest BCUT2D eigenvalue weighted by atomic mass is 19.1. The molecule has 27 heavy (non-hydrogen) atoms. The maximum atomic E-state index is 13.1. The number of benzene rings is 1. The number of nitrogens with zero attached hydrogens (tertiary/aromatic N) is 2. The normalized spacial score (nSPS) is 17.2. The minimum absolute atomic E-state index is 0.267. The second-order valence-corrected chi connectivity index (χ2v) is 7.65. The Labute approximate surface area is 158 Å². The number of ether oxygens (including phenoxy) is 1. The van der Waals surface area contributed by atoms with Crippen molar-refractivity contribution < 1.29 is 18.4 Å². The van der Waals surface area contributed by atoms with Crippen molar-refractivity contribution in [3.8, 4) is 5.75 Å². The van der Waals surface area contributed by atoms with Gasteiger partial charge in [0.05, 0.1) is 0 Å². The van der Waals surface area contributed by atoms with Crippen LogP contribution in [0.2, 0.25) is 0 Å². The number of halogens is 1. The van der Waals surface area contributed by atoms with Gasteiger partial charge in [0.1, 0.15) is 17.1 Å². The first-order chi connectivity index (χ1) is 12.8. The zero-order valence-electron chi connectivity index (χ0n) is 16.0. The molecule has 1 aliphatic rings. The van der Waals surface area contributed by atoms with Crippen molar-refractivity contribution in [2.75, 3.05) is 0 Å². The van der Waals surface area contributed by atoms with Crippen molar-refractivity contribution in [2.24, 2.45) is 0 Å². The summed E-state index contributed by atoms with van der Waals surface area (Å²) >= 11 is 0. The molecule has 1 saturated carbocycles. The zero-order valence-corrected chi connectivity index (χ0v) is 16.0. The fourth-order valence-electron chi connectivity index (χ4n) is 3.44. The first-order valence-corrected chi connectivity index (χ1v) is 9.39. The molecular formula is C20H26FN3O3. The van der Waals surface area contributed by atoms with E-state index in [0.717, 1.165) is 38.5 Å². The largest absolute Gasteiger partial charge is 0.478 e. The average molecular weight is 375 g/mol. The van der Waals surface area contributed by atoms with Crippen LogP contribution in [0.3, 0.4) is 0 Å². The number of hydrogen-bond acceptors (Lipinski definition) is 5. The molecule has 1 aromatic heterocycles. The van der Waals surface area contributed by atoms with Gasteiger partial charge in [-0.25, -0.2) is 4.39 Å². The molecule has 1 fully saturated rings. The van der Waals surface area contributed by atoms with Gasteiger partial charge in [0, 0.05) is 6.92 Å². The molecule has 7 heteroatoms. The molecule has 0 radical (unpaired) electrons. The summed E-state index contributed by atoms with van der Waals surface area (Å²) in [6.45, 7) is 5.12. The van der Waals surface area contributed by atoms with Crippen molar-refractivity contribution >= 4 is 5.91 Å². The highest BCUT2D eigenvalue weighted by Crippen LogP contribution is 2.35. The standard InChI is InChI=1S/C20H26FN3O3/c1-14-22-17(24-27-14)20(12-6-4-5-7-13-20)23-18(25)19(2,3)26-16-10-8-15(21)9-11-16/h8-11H,4-7,12-13H2,1-3H3,(H,23,25). The lowest BCUT2D eigenvalue weighted by atomic mass is 9.88. The van der Waals surface area contributed by atoms with Crippen molar-refractivity contribution in [1.29, 1.82) is 0 Å². The van der Waals surface area contributed by atoms with Gasteiger partial charge < -0.3 is 14.6 Å². The Morgan fingerprint density at radius 2 is 1.81 bits per heavy atom. The molecule has 146 valence electrons. The smallest absolute Gasteiger partial charge is 0.264 e. The Bertz CT molecular complexity index is 778. The van der Waals surface area contributed by atoms with Crippen LogP contribution in [0.4, 0.5) is 4.39 Å². The van der Waals surface area contributed by atoms with E-state index in [-0.39, 0.29) is 11.7 Å². The number of carbonyl (C=O) groups is 1. The molecule has 1 N–H and O–H groups in total. The second kappa shape index (κ2) is 7.66. The Hall–Kier alpha value is -2.44. The summed E-state index contributed by atoms with van der Waals surface area (Å²) in [5.41, 5.74) is -1.80. The number of amides is 1. The molecule has 1 aliphatic carbocycles. The maximum absolute atomic E-state index is 13.1. The second-order valence-electron chi connectivity index (χ2n) is 7.65. The van der Waals surface area contributed by atoms with Crippen LogP contribution in [-0.2, 0) is 10.3 Å². The van der Waals surface area contributed by atoms with Gasteiger partial charge in [-0.15, -0.1) is 0 Å². The third kappa shape index (κ3) is 4.46. The summed E-state index contributed by atoms with van der Waals surface area (Å²) in [4.78, 5) is 17.5. The third-order valence-electron chi connectivity index (χ3n) is 5.00. The quantitative estimate of drug-likeness (QED) is 0.798. The third-order valence-corrected chi connectivity index (χ3v) is 5.00. The first kappa shape index (κ1) is 19.3. The molecule has 1 heterocycles. The zero-order chi connectivity index (χ0) is 19.5. The number of aryl methyl sites for hydroxylation is 1. The van der Waals surface area contributed by atoms with E-state index in [1.807, 2.05) is 0 Å². The lowest BCUT2D eigenvalue weighted by molar-refractivity contribution is -0.136. The summed E-state index contributed by atoms with van der Waals surface area (Å²) in [6.07, 6.45) is 5.70. The summed E-state index contributed by atoms with van der Waals surface area (Å²) in [7, 11) is 0. The van der Waals surface area contributed by atoms with Gasteiger partial charge in [-0.3, -0.25) is 4.79 Å². The molecule has 1 amide bonds. The fourth-order valence-corrected chi connectivity index (χ4v) is 3.44. The molecular weight excluding hydrogens is 349 g/mol. The van der Waals surface area contributed by atoms with Gasteiger partial charge in [-0.1, -0.05) is 30.8 Å². The Kier molecular flexibility index (Phi) is 5.48. The maximum Gasteiger partial charge on any atom is 0.264 e. The fraction of sp³-hybridized carbons (Fsp3) is 0.550. The molecule has 2 aromatic rings. The van der Waals surface area contributed by atoms with E-state index in [1.54, 1.807) is 20.8 Å². The van der Waals surface area contributed by atoms with Gasteiger partial charge in [0.25, 0.3) is 5.91 Å². The van der Waals surface area contributed by atoms with E-state index in [0.29, 0.717) is 17.5 Å². The number of rotatable bonds is 5. The van der Waals surface area contributed by atoms with E-state index < -0.39 is 11.1 Å². The molecule has 1 aromatic carbocycles. The number of hydrogen-bond donors (Lipinski definition) is 1. The Balaban J connectivity index is 1.81. The van der Waals surface area contributed by atoms with Gasteiger partial charge in [-0.2, -0.15) is 4.98 Å². The van der Waals surface area contributed by atoms with Crippen LogP contribution in [0, 0.1) is 12.7 Å². The van der Waals surface area contributed by atoms with Gasteiger partial charge in [0.15, 0.2) is 11.4 Å². The lowest BCUT2D eigenvalue weighted by Crippen LogP contribution is -2.55. The van der Waals surface area contributed by atoms with E-state index in [9.17, 15) is 9.18 Å². The van der Waals surface area contributed by atoms with Crippen LogP contribution >= 0.6 is 0 Å². The average Bonchev–Trinajstić information content (AvgIpc) is 2.92. The molecule has 0 bridgehead atoms. The van der Waals surface area contributed by atoms with Crippen molar-refractivity contribution in [1.82, 2.24) is 15.5 Å². The van der Waals surface area contributed by atoms with Crippen LogP contribution in [0.5, 0.6) is 5.75 Å². The minimum atomic E-state index is -1.14. The summed E-state index contributed by atoms with van der Waals surface area (Å²) in [5, 5.41) is 7.25. The van der Waals surface area contributed by atoms with Crippen LogP contribution in [0.1, 0.15) is 64.1 Å². The van der Waals surface area contributed by atoms with Gasteiger partial charge in [-0.05, 0) is 51.0 Å². The number of nitrogens with one attached hydrogen (secondary N) is 1. The van der Waals surface area contributed by atoms with Crippen molar-refractivity contribution in [2.45, 2.75) is 70.4 Å². The van der Waals surface area contributed by atoms with Gasteiger partial charge >= 0.3 is 0 Å². The van der Waals surface area contributed by atoms with Crippen LogP contribution in [0.15, 0.2) is 28.8 Å². The van der Waals surface area contributed by atoms with Crippen molar-refractivity contribution in [3.05, 3.63) is 41.8 Å². The van der Waals surface area contributed by atoms with E-state index in [1.165, 1.54) is 24.3 Å². The molecule has 0 spiro atoms. The summed E-state index contributed by atoms with van der Waals surface area (Å²) in [5.74, 6) is 0.810. The van der Waals surface area contributed by atoms with Crippen LogP contribution < -0.4 is 10.1 Å². The number of aromatic nitrogens is 2. The monoisotopic (exact) mass is 375 g/mol. The molecule has 0 unspecified atom stereocenters. The topological polar surface area (TPSA) is 77.2 Å². The predicted octanol–water partition coefficient (Wildman–Crippen LogP) is 4.04. The lowest BCUT2D eigenvalue weighted by Gasteiger charge is -2.35. The molecule has 0 atom stereocenters. The number of carbonyl (C=O) groups excluding carboxylic acids is 1. The SMILES string of the molecule is Cc1nc(C2(NC(=O)C(C)(C)Oc3ccc(F)cc3)CCCCCC2)no1. The molecule has 0 aliphatic heterocycles. The Morgan fingerprint density at radius 3 is 2.37 bits per heavy atom. The highest BCUT2D eigenvalue weighted by molar-refractivity contribution is 5.85. The van der Waals surface area contributed by atoms with Crippen LogP contribution in [0.25, 0.3) is 0 Å². The summed E-state index contributed by atoms with van der Waals surface area (Å²) < 4.78 is 24.1. The van der Waals surface area contributed by atoms with E-state index in [2.05, 4.69) is 15.5 Å².